The van der Waals surface area contributed by atoms with Gasteiger partial charge >= 0.3 is 0 Å². The van der Waals surface area contributed by atoms with Crippen LogP contribution < -0.4 is 5.32 Å². The van der Waals surface area contributed by atoms with E-state index in [1.807, 2.05) is 12.1 Å². The SMILES string of the molecule is CC1CCCC(C(=O)NCC(O)c2ccccc2Cl)C1. The third kappa shape index (κ3) is 3.97. The zero-order valence-electron chi connectivity index (χ0n) is 11.8. The maximum absolute atomic E-state index is 12.1. The number of halogens is 1. The summed E-state index contributed by atoms with van der Waals surface area (Å²) < 4.78 is 0. The van der Waals surface area contributed by atoms with E-state index >= 15 is 0 Å². The Balaban J connectivity index is 1.85. The first-order chi connectivity index (χ1) is 9.58. The van der Waals surface area contributed by atoms with Crippen LogP contribution in [-0.4, -0.2) is 17.6 Å². The Morgan fingerprint density at radius 2 is 2.20 bits per heavy atom. The molecule has 0 aromatic heterocycles. The minimum atomic E-state index is -0.756. The molecule has 0 heterocycles. The minimum absolute atomic E-state index is 0.0580. The number of aliphatic hydroxyl groups is 1. The molecule has 1 aromatic rings. The fourth-order valence-corrected chi connectivity index (χ4v) is 3.13. The van der Waals surface area contributed by atoms with E-state index in [-0.39, 0.29) is 18.4 Å². The van der Waals surface area contributed by atoms with E-state index in [4.69, 9.17) is 11.6 Å². The van der Waals surface area contributed by atoms with Crippen LogP contribution >= 0.6 is 11.6 Å². The molecule has 3 unspecified atom stereocenters. The molecule has 0 radical (unpaired) electrons. The number of hydrogen-bond donors (Lipinski definition) is 2. The van der Waals surface area contributed by atoms with Gasteiger partial charge in [0.15, 0.2) is 0 Å². The number of carbonyl (C=O) groups is 1. The van der Waals surface area contributed by atoms with Gasteiger partial charge in [-0.05, 0) is 24.8 Å². The highest BCUT2D eigenvalue weighted by atomic mass is 35.5. The summed E-state index contributed by atoms with van der Waals surface area (Å²) in [5, 5.41) is 13.5. The summed E-state index contributed by atoms with van der Waals surface area (Å²) in [6, 6.07) is 7.17. The molecule has 3 nitrogen and oxygen atoms in total. The molecule has 3 atom stereocenters. The summed E-state index contributed by atoms with van der Waals surface area (Å²) in [4.78, 5) is 12.1. The van der Waals surface area contributed by atoms with Gasteiger partial charge in [-0.3, -0.25) is 4.79 Å². The van der Waals surface area contributed by atoms with Gasteiger partial charge in [0.25, 0.3) is 0 Å². The van der Waals surface area contributed by atoms with E-state index < -0.39 is 6.10 Å². The third-order valence-electron chi connectivity index (χ3n) is 4.04. The Kier molecular flexibility index (Phi) is 5.44. The van der Waals surface area contributed by atoms with Gasteiger partial charge in [0.05, 0.1) is 6.10 Å². The molecule has 110 valence electrons. The lowest BCUT2D eigenvalue weighted by Gasteiger charge is -2.26. The average molecular weight is 296 g/mol. The second-order valence-electron chi connectivity index (χ2n) is 5.75. The van der Waals surface area contributed by atoms with Crippen molar-refractivity contribution in [3.05, 3.63) is 34.9 Å². The number of aliphatic hydroxyl groups excluding tert-OH is 1. The number of hydrogen-bond acceptors (Lipinski definition) is 2. The third-order valence-corrected chi connectivity index (χ3v) is 4.39. The first-order valence-electron chi connectivity index (χ1n) is 7.28. The topological polar surface area (TPSA) is 49.3 Å². The molecular weight excluding hydrogens is 274 g/mol. The highest BCUT2D eigenvalue weighted by molar-refractivity contribution is 6.31. The van der Waals surface area contributed by atoms with Gasteiger partial charge in [0, 0.05) is 23.0 Å². The van der Waals surface area contributed by atoms with Crippen LogP contribution in [0.3, 0.4) is 0 Å². The van der Waals surface area contributed by atoms with Crippen molar-refractivity contribution in [2.24, 2.45) is 11.8 Å². The first kappa shape index (κ1) is 15.3. The van der Waals surface area contributed by atoms with Gasteiger partial charge in [-0.15, -0.1) is 0 Å². The summed E-state index contributed by atoms with van der Waals surface area (Å²) >= 11 is 6.03. The standard InChI is InChI=1S/C16H22ClNO2/c1-11-5-4-6-12(9-11)16(20)18-10-15(19)13-7-2-3-8-14(13)17/h2-3,7-8,11-12,15,19H,4-6,9-10H2,1H3,(H,18,20). The quantitative estimate of drug-likeness (QED) is 0.895. The lowest BCUT2D eigenvalue weighted by Crippen LogP contribution is -2.35. The van der Waals surface area contributed by atoms with E-state index in [1.54, 1.807) is 12.1 Å². The number of carbonyl (C=O) groups excluding carboxylic acids is 1. The van der Waals surface area contributed by atoms with Crippen LogP contribution in [0.1, 0.15) is 44.3 Å². The summed E-state index contributed by atoms with van der Waals surface area (Å²) in [6.07, 6.45) is 3.48. The second kappa shape index (κ2) is 7.09. The summed E-state index contributed by atoms with van der Waals surface area (Å²) in [7, 11) is 0. The van der Waals surface area contributed by atoms with Crippen LogP contribution in [0.4, 0.5) is 0 Å². The van der Waals surface area contributed by atoms with Crippen molar-refractivity contribution in [2.75, 3.05) is 6.54 Å². The van der Waals surface area contributed by atoms with Crippen molar-refractivity contribution in [3.63, 3.8) is 0 Å². The van der Waals surface area contributed by atoms with Crippen molar-refractivity contribution in [1.29, 1.82) is 0 Å². The predicted molar refractivity (Wildman–Crippen MR) is 80.5 cm³/mol. The monoisotopic (exact) mass is 295 g/mol. The molecule has 2 rings (SSSR count). The zero-order chi connectivity index (χ0) is 14.5. The molecular formula is C16H22ClNO2. The van der Waals surface area contributed by atoms with E-state index in [2.05, 4.69) is 12.2 Å². The molecule has 1 amide bonds. The zero-order valence-corrected chi connectivity index (χ0v) is 12.6. The average Bonchev–Trinajstić information content (AvgIpc) is 2.45. The van der Waals surface area contributed by atoms with Crippen LogP contribution in [0.5, 0.6) is 0 Å². The molecule has 0 aliphatic heterocycles. The van der Waals surface area contributed by atoms with Crippen LogP contribution in [0.15, 0.2) is 24.3 Å². The molecule has 20 heavy (non-hydrogen) atoms. The Labute approximate surface area is 125 Å². The number of nitrogens with one attached hydrogen (secondary N) is 1. The lowest BCUT2D eigenvalue weighted by atomic mass is 9.82. The maximum atomic E-state index is 12.1. The van der Waals surface area contributed by atoms with Gasteiger partial charge in [0.2, 0.25) is 5.91 Å². The van der Waals surface area contributed by atoms with E-state index in [0.717, 1.165) is 19.3 Å². The van der Waals surface area contributed by atoms with E-state index in [0.29, 0.717) is 16.5 Å². The van der Waals surface area contributed by atoms with Gasteiger partial charge in [0.1, 0.15) is 0 Å². The normalized spacial score (nSPS) is 24.1. The molecule has 1 fully saturated rings. The van der Waals surface area contributed by atoms with Crippen molar-refractivity contribution < 1.29 is 9.90 Å². The molecule has 2 N–H and O–H groups in total. The smallest absolute Gasteiger partial charge is 0.223 e. The Morgan fingerprint density at radius 1 is 1.45 bits per heavy atom. The van der Waals surface area contributed by atoms with Crippen molar-refractivity contribution in [1.82, 2.24) is 5.32 Å². The molecule has 1 aliphatic carbocycles. The summed E-state index contributed by atoms with van der Waals surface area (Å²) in [6.45, 7) is 2.41. The van der Waals surface area contributed by atoms with Gasteiger partial charge < -0.3 is 10.4 Å². The van der Waals surface area contributed by atoms with E-state index in [9.17, 15) is 9.90 Å². The van der Waals surface area contributed by atoms with Gasteiger partial charge in [-0.25, -0.2) is 0 Å². The highest BCUT2D eigenvalue weighted by Gasteiger charge is 2.25. The summed E-state index contributed by atoms with van der Waals surface area (Å²) in [5.41, 5.74) is 0.659. The van der Waals surface area contributed by atoms with E-state index in [1.165, 1.54) is 6.42 Å². The van der Waals surface area contributed by atoms with Gasteiger partial charge in [-0.2, -0.15) is 0 Å². The largest absolute Gasteiger partial charge is 0.387 e. The first-order valence-corrected chi connectivity index (χ1v) is 7.66. The molecule has 4 heteroatoms. The fraction of sp³-hybridized carbons (Fsp3) is 0.562. The Hall–Kier alpha value is -1.06. The Bertz CT molecular complexity index is 464. The highest BCUT2D eigenvalue weighted by Crippen LogP contribution is 2.29. The Morgan fingerprint density at radius 3 is 2.90 bits per heavy atom. The molecule has 0 spiro atoms. The van der Waals surface area contributed by atoms with Crippen LogP contribution in [0, 0.1) is 11.8 Å². The fourth-order valence-electron chi connectivity index (χ4n) is 2.87. The molecule has 1 aromatic carbocycles. The minimum Gasteiger partial charge on any atom is -0.387 e. The number of rotatable bonds is 4. The molecule has 0 saturated heterocycles. The van der Waals surface area contributed by atoms with Crippen molar-refractivity contribution >= 4 is 17.5 Å². The van der Waals surface area contributed by atoms with Crippen molar-refractivity contribution in [2.45, 2.75) is 38.7 Å². The maximum Gasteiger partial charge on any atom is 0.223 e. The number of benzene rings is 1. The van der Waals surface area contributed by atoms with Crippen LogP contribution in [0.2, 0.25) is 5.02 Å². The second-order valence-corrected chi connectivity index (χ2v) is 6.16. The summed E-state index contributed by atoms with van der Waals surface area (Å²) in [5.74, 6) is 0.771. The molecule has 1 saturated carbocycles. The van der Waals surface area contributed by atoms with Crippen LogP contribution in [-0.2, 0) is 4.79 Å². The molecule has 0 bridgehead atoms. The van der Waals surface area contributed by atoms with Gasteiger partial charge in [-0.1, -0.05) is 49.6 Å². The predicted octanol–water partition coefficient (Wildman–Crippen LogP) is 3.32. The molecule has 1 aliphatic rings. The lowest BCUT2D eigenvalue weighted by molar-refractivity contribution is -0.126. The van der Waals surface area contributed by atoms with Crippen LogP contribution in [0.25, 0.3) is 0 Å². The van der Waals surface area contributed by atoms with Crippen molar-refractivity contribution in [3.8, 4) is 0 Å². The number of amides is 1.